The Kier molecular flexibility index (Phi) is 8.61. The summed E-state index contributed by atoms with van der Waals surface area (Å²) in [6.07, 6.45) is 4.08. The molecule has 0 saturated carbocycles. The van der Waals surface area contributed by atoms with Crippen LogP contribution >= 0.6 is 0 Å². The Bertz CT molecular complexity index is 1130. The number of Topliss-reactive ketones (excluding diaryl/α,β-unsaturated/α-hetero) is 1. The third-order valence-electron chi connectivity index (χ3n) is 5.49. The van der Waals surface area contributed by atoms with Gasteiger partial charge >= 0.3 is 5.97 Å². The average Bonchev–Trinajstić information content (AvgIpc) is 3.14. The van der Waals surface area contributed by atoms with Crippen LogP contribution in [0.2, 0.25) is 0 Å². The number of rotatable bonds is 12. The highest BCUT2D eigenvalue weighted by Crippen LogP contribution is 2.28. The average molecular weight is 467 g/mol. The molecule has 9 heteroatoms. The fraction of sp³-hybridized carbons (Fsp3) is 0.360. The summed E-state index contributed by atoms with van der Waals surface area (Å²) in [4.78, 5) is 32.7. The fourth-order valence-corrected chi connectivity index (χ4v) is 3.67. The summed E-state index contributed by atoms with van der Waals surface area (Å²) in [5.74, 6) is 1.13. The van der Waals surface area contributed by atoms with E-state index < -0.39 is 5.97 Å². The van der Waals surface area contributed by atoms with Crippen molar-refractivity contribution in [2.24, 2.45) is 0 Å². The van der Waals surface area contributed by atoms with Crippen LogP contribution in [-0.4, -0.2) is 53.7 Å². The van der Waals surface area contributed by atoms with Gasteiger partial charge in [-0.05, 0) is 50.1 Å². The zero-order valence-electron chi connectivity index (χ0n) is 20.0. The smallest absolute Gasteiger partial charge is 0.308 e. The molecule has 9 nitrogen and oxygen atoms in total. The molecule has 2 aromatic heterocycles. The summed E-state index contributed by atoms with van der Waals surface area (Å²) in [6, 6.07) is 9.39. The van der Waals surface area contributed by atoms with E-state index in [1.54, 1.807) is 32.7 Å². The number of hydrogen-bond acceptors (Lipinski definition) is 8. The van der Waals surface area contributed by atoms with Gasteiger partial charge in [-0.2, -0.15) is 0 Å². The van der Waals surface area contributed by atoms with Gasteiger partial charge < -0.3 is 24.1 Å². The van der Waals surface area contributed by atoms with Gasteiger partial charge in [-0.15, -0.1) is 0 Å². The topological polar surface area (TPSA) is 105 Å². The molecule has 0 fully saturated rings. The van der Waals surface area contributed by atoms with Gasteiger partial charge in [0.25, 0.3) is 0 Å². The van der Waals surface area contributed by atoms with Crippen molar-refractivity contribution in [2.45, 2.75) is 33.2 Å². The SMILES string of the molecule is COc1ccc(CCn2c(C)cc(C(=O)COC(=O)CCNc3ncccn3)c2C)cc1OC. The van der Waals surface area contributed by atoms with Crippen LogP contribution in [0.15, 0.2) is 42.7 Å². The number of nitrogens with one attached hydrogen (secondary N) is 1. The lowest BCUT2D eigenvalue weighted by atomic mass is 10.1. The van der Waals surface area contributed by atoms with E-state index in [1.807, 2.05) is 38.1 Å². The number of anilines is 1. The van der Waals surface area contributed by atoms with E-state index in [-0.39, 0.29) is 18.8 Å². The second-order valence-electron chi connectivity index (χ2n) is 7.71. The number of esters is 1. The summed E-state index contributed by atoms with van der Waals surface area (Å²) in [5, 5.41) is 2.93. The second kappa shape index (κ2) is 11.8. The van der Waals surface area contributed by atoms with Crippen molar-refractivity contribution in [3.05, 3.63) is 65.2 Å². The Hall–Kier alpha value is -3.88. The molecule has 0 spiro atoms. The van der Waals surface area contributed by atoms with Crippen molar-refractivity contribution in [1.29, 1.82) is 0 Å². The molecule has 180 valence electrons. The molecule has 3 aromatic rings. The highest BCUT2D eigenvalue weighted by Gasteiger charge is 2.17. The molecule has 0 aliphatic heterocycles. The highest BCUT2D eigenvalue weighted by molar-refractivity contribution is 5.99. The predicted octanol–water partition coefficient (Wildman–Crippen LogP) is 3.38. The van der Waals surface area contributed by atoms with Crippen molar-refractivity contribution in [3.63, 3.8) is 0 Å². The Morgan fingerprint density at radius 2 is 1.76 bits per heavy atom. The molecule has 2 heterocycles. The standard InChI is InChI=1S/C25H30N4O5/c1-17-14-20(21(30)16-34-24(31)8-12-28-25-26-10-5-11-27-25)18(2)29(17)13-9-19-6-7-22(32-3)23(15-19)33-4/h5-7,10-11,14-15H,8-9,12-13,16H2,1-4H3,(H,26,27,28). The summed E-state index contributed by atoms with van der Waals surface area (Å²) < 4.78 is 17.9. The minimum atomic E-state index is -0.459. The summed E-state index contributed by atoms with van der Waals surface area (Å²) in [7, 11) is 3.22. The van der Waals surface area contributed by atoms with E-state index in [2.05, 4.69) is 19.9 Å². The van der Waals surface area contributed by atoms with Crippen LogP contribution in [0, 0.1) is 13.8 Å². The summed E-state index contributed by atoms with van der Waals surface area (Å²) in [6.45, 7) is 4.60. The number of carbonyl (C=O) groups is 2. The molecule has 0 amide bonds. The molecule has 34 heavy (non-hydrogen) atoms. The Balaban J connectivity index is 1.52. The van der Waals surface area contributed by atoms with Gasteiger partial charge in [0.1, 0.15) is 0 Å². The minimum absolute atomic E-state index is 0.107. The van der Waals surface area contributed by atoms with Gasteiger partial charge in [-0.3, -0.25) is 9.59 Å². The molecular weight excluding hydrogens is 436 g/mol. The van der Waals surface area contributed by atoms with Gasteiger partial charge in [-0.25, -0.2) is 9.97 Å². The zero-order chi connectivity index (χ0) is 24.5. The third-order valence-corrected chi connectivity index (χ3v) is 5.49. The van der Waals surface area contributed by atoms with Crippen LogP contribution in [0.4, 0.5) is 5.95 Å². The van der Waals surface area contributed by atoms with E-state index in [4.69, 9.17) is 14.2 Å². The number of aromatic nitrogens is 3. The Morgan fingerprint density at radius 1 is 1.03 bits per heavy atom. The lowest BCUT2D eigenvalue weighted by molar-refractivity contribution is -0.142. The van der Waals surface area contributed by atoms with Crippen molar-refractivity contribution < 1.29 is 23.8 Å². The number of ether oxygens (including phenoxy) is 3. The van der Waals surface area contributed by atoms with Crippen LogP contribution in [0.5, 0.6) is 11.5 Å². The minimum Gasteiger partial charge on any atom is -0.493 e. The molecule has 0 aliphatic carbocycles. The molecule has 0 radical (unpaired) electrons. The van der Waals surface area contributed by atoms with Crippen molar-refractivity contribution in [1.82, 2.24) is 14.5 Å². The second-order valence-corrected chi connectivity index (χ2v) is 7.71. The van der Waals surface area contributed by atoms with Crippen LogP contribution in [0.25, 0.3) is 0 Å². The van der Waals surface area contributed by atoms with Crippen LogP contribution in [-0.2, 0) is 22.5 Å². The molecule has 3 rings (SSSR count). The maximum atomic E-state index is 12.7. The van der Waals surface area contributed by atoms with Gasteiger partial charge in [-0.1, -0.05) is 6.07 Å². The van der Waals surface area contributed by atoms with Crippen LogP contribution in [0.3, 0.4) is 0 Å². The van der Waals surface area contributed by atoms with E-state index >= 15 is 0 Å². The van der Waals surface area contributed by atoms with Gasteiger partial charge in [0.15, 0.2) is 18.1 Å². The van der Waals surface area contributed by atoms with Crippen molar-refractivity contribution in [3.8, 4) is 11.5 Å². The fourth-order valence-electron chi connectivity index (χ4n) is 3.67. The first-order chi connectivity index (χ1) is 16.4. The zero-order valence-corrected chi connectivity index (χ0v) is 20.0. The van der Waals surface area contributed by atoms with Crippen LogP contribution < -0.4 is 14.8 Å². The first-order valence-corrected chi connectivity index (χ1v) is 11.0. The molecular formula is C25H30N4O5. The van der Waals surface area contributed by atoms with Crippen molar-refractivity contribution in [2.75, 3.05) is 32.7 Å². The quantitative estimate of drug-likeness (QED) is 0.320. The van der Waals surface area contributed by atoms with E-state index in [1.165, 1.54) is 0 Å². The molecule has 0 aliphatic rings. The van der Waals surface area contributed by atoms with Gasteiger partial charge in [0.05, 0.1) is 20.6 Å². The van der Waals surface area contributed by atoms with Gasteiger partial charge in [0.2, 0.25) is 11.7 Å². The third kappa shape index (κ3) is 6.34. The Labute approximate surface area is 199 Å². The first-order valence-electron chi connectivity index (χ1n) is 11.0. The summed E-state index contributed by atoms with van der Waals surface area (Å²) >= 11 is 0. The normalized spacial score (nSPS) is 10.6. The first kappa shape index (κ1) is 24.8. The van der Waals surface area contributed by atoms with Crippen LogP contribution in [0.1, 0.15) is 33.7 Å². The molecule has 0 bridgehead atoms. The molecule has 1 N–H and O–H groups in total. The lowest BCUT2D eigenvalue weighted by Crippen LogP contribution is -2.17. The maximum Gasteiger partial charge on any atom is 0.308 e. The number of hydrogen-bond donors (Lipinski definition) is 1. The Morgan fingerprint density at radius 3 is 2.47 bits per heavy atom. The number of methoxy groups -OCH3 is 2. The number of benzene rings is 1. The van der Waals surface area contributed by atoms with E-state index in [0.29, 0.717) is 36.1 Å². The predicted molar refractivity (Wildman–Crippen MR) is 128 cm³/mol. The highest BCUT2D eigenvalue weighted by atomic mass is 16.5. The maximum absolute atomic E-state index is 12.7. The largest absolute Gasteiger partial charge is 0.493 e. The lowest BCUT2D eigenvalue weighted by Gasteiger charge is -2.12. The number of nitrogens with zero attached hydrogens (tertiary/aromatic N) is 3. The molecule has 0 unspecified atom stereocenters. The van der Waals surface area contributed by atoms with Crippen molar-refractivity contribution >= 4 is 17.7 Å². The molecule has 0 atom stereocenters. The van der Waals surface area contributed by atoms with E-state index in [9.17, 15) is 9.59 Å². The number of carbonyl (C=O) groups excluding carboxylic acids is 2. The summed E-state index contributed by atoms with van der Waals surface area (Å²) in [5.41, 5.74) is 3.48. The van der Waals surface area contributed by atoms with E-state index in [0.717, 1.165) is 23.4 Å². The monoisotopic (exact) mass is 466 g/mol. The van der Waals surface area contributed by atoms with Gasteiger partial charge in [0, 0.05) is 42.4 Å². The molecule has 0 saturated heterocycles. The number of ketones is 1. The molecule has 1 aromatic carbocycles. The number of aryl methyl sites for hydroxylation is 2.